The Bertz CT molecular complexity index is 4830. The van der Waals surface area contributed by atoms with Crippen molar-refractivity contribution >= 4 is 128 Å². The Kier molecular flexibility index (Phi) is 24.1. The molecule has 4 aliphatic rings. The first-order valence-electron chi connectivity index (χ1n) is 32.2. The van der Waals surface area contributed by atoms with Crippen LogP contribution in [0.25, 0.3) is 49.3 Å². The van der Waals surface area contributed by atoms with E-state index in [1.54, 1.807) is 45.0 Å². The van der Waals surface area contributed by atoms with Crippen molar-refractivity contribution < 1.29 is 131 Å². The third-order valence-corrected chi connectivity index (χ3v) is 22.8. The number of carbonyl (C=O) groups excluding carboxylic acids is 8. The minimum Gasteiger partial charge on any atom is -0.779 e. The standard InChI is InChI=1S/C64H69N14O21PS5.Na/c1-25(51(81)65-13-10-14-100(91,92)93)66-52(82)34-22-104-60(71-34)45-39(80)15-30-44(73-45)33-20-102-58(68-33)32-19-97-62(87)47-31-18-95-48(49(99-40-16-64(5,89)50(77(6)7)28(4)98-40)63(88)96-17-29-11-9-12-38(41(29)31)78(47)90)46(61-72-35(23-105-61)53(83)67-32)76-55(85)37-24-103-59(70-37)43(27(3)94-8)75-56(86)42(26(2)79)74-54(84)36-21-101-57(30)69-36;/h9,11-12,15,20-26,28,32,40,42,46,48-50,79-80,89-90H,10,13-14,16-19H2,1-8H3,(H,65,81)(H,66,82)(H,67,83)(H,74,84)(H,75,86)(H,76,85)(H2,91,92,93);/q;+1/p-1/b43-27+;/t25-,26+,28-,32-,40-,42-,46-,48-,49-,50+,64-;/m0./s1. The summed E-state index contributed by atoms with van der Waals surface area (Å²) in [5.74, 6) is -8.05. The zero-order chi connectivity index (χ0) is 75.2. The number of aromatic nitrogens is 7. The van der Waals surface area contributed by atoms with Gasteiger partial charge in [-0.1, -0.05) is 12.1 Å². The maximum atomic E-state index is 15.2. The topological polar surface area (TPSA) is 491 Å². The van der Waals surface area contributed by atoms with E-state index in [1.807, 2.05) is 0 Å². The number of nitrogens with one attached hydrogen (secondary N) is 6. The van der Waals surface area contributed by atoms with Crippen LogP contribution in [0.15, 0.2) is 56.9 Å². The van der Waals surface area contributed by atoms with Crippen LogP contribution in [-0.4, -0.2) is 207 Å². The quantitative estimate of drug-likeness (QED) is 0.0185. The number of amides is 6. The van der Waals surface area contributed by atoms with Crippen LogP contribution in [-0.2, 0) is 60.6 Å². The monoisotopic (exact) mass is 1580 g/mol. The van der Waals surface area contributed by atoms with E-state index >= 15 is 19.2 Å². The van der Waals surface area contributed by atoms with Gasteiger partial charge in [-0.3, -0.25) is 28.8 Å². The van der Waals surface area contributed by atoms with Crippen molar-refractivity contribution in [2.75, 3.05) is 40.5 Å². The summed E-state index contributed by atoms with van der Waals surface area (Å²) >= 11 is 4.39. The smallest absolute Gasteiger partial charge is 0.779 e. The molecule has 1 aromatic carbocycles. The number of fused-ring (bicyclic) bond motifs is 15. The number of cyclic esters (lactones) is 2. The molecule has 11 N–H and O–H groups in total. The second kappa shape index (κ2) is 32.4. The third kappa shape index (κ3) is 16.8. The van der Waals surface area contributed by atoms with Crippen molar-refractivity contribution in [2.24, 2.45) is 0 Å². The minimum atomic E-state index is -4.57. The summed E-state index contributed by atoms with van der Waals surface area (Å²) in [5, 5.41) is 70.1. The van der Waals surface area contributed by atoms with Gasteiger partial charge in [0.15, 0.2) is 18.1 Å². The Morgan fingerprint density at radius 2 is 1.53 bits per heavy atom. The van der Waals surface area contributed by atoms with E-state index in [9.17, 15) is 49.2 Å². The van der Waals surface area contributed by atoms with Gasteiger partial charge in [-0.25, -0.2) is 39.5 Å². The fourth-order valence-corrected chi connectivity index (χ4v) is 17.2. The summed E-state index contributed by atoms with van der Waals surface area (Å²) in [5.41, 5.74) is -3.10. The molecule has 1 fully saturated rings. The Balaban J connectivity index is 0.0000112. The SMILES string of the molecule is CO/C(C)=C1/NC(=O)[C@H]([C@@H](C)O)NC(=O)c2csc(n2)-c2cc(O)c(-c3nc(C(=O)N[C@@H](C)C(=O)NCCCP(=O)([O-])O)cs3)nc2-c2csc(n2)[C@@H]2COC(=O)c3c4c5c(cccc5n3O)COC(=O)[C@@H](O[C@H]3C[C@](C)(O)[C@H](N(C)C)[C@H](C)O3)[C@@H](OC4)[C@H](NC(=O)c3csc1n3)c1nc(cs1)C(=O)N2.[Na+]. The van der Waals surface area contributed by atoms with Gasteiger partial charge in [0.2, 0.25) is 11.8 Å². The first-order valence-corrected chi connectivity index (χ1v) is 38.3. The van der Waals surface area contributed by atoms with Crippen LogP contribution in [0.3, 0.4) is 0 Å². The Labute approximate surface area is 643 Å². The average molecular weight is 1580 g/mol. The van der Waals surface area contributed by atoms with Crippen molar-refractivity contribution in [3.63, 3.8) is 0 Å². The summed E-state index contributed by atoms with van der Waals surface area (Å²) < 4.78 is 49.4. The molecule has 12 bridgehead atoms. The number of likely N-dealkylation sites (N-methyl/N-ethyl adjacent to an activating group) is 1. The first-order chi connectivity index (χ1) is 49.9. The van der Waals surface area contributed by atoms with E-state index in [0.29, 0.717) is 4.73 Å². The van der Waals surface area contributed by atoms with Crippen LogP contribution in [0, 0.1) is 0 Å². The molecule has 4 aliphatic heterocycles. The normalized spacial score (nSPS) is 23.9. The van der Waals surface area contributed by atoms with Crippen molar-refractivity contribution in [2.45, 2.75) is 127 Å². The first kappa shape index (κ1) is 78.9. The molecule has 0 saturated carbocycles. The summed E-state index contributed by atoms with van der Waals surface area (Å²) in [6, 6.07) is -0.650. The number of ether oxygens (including phenoxy) is 6. The fraction of sp³-hybridized carbons (Fsp3) is 0.406. The Morgan fingerprint density at radius 1 is 0.868 bits per heavy atom. The number of rotatable bonds is 13. The van der Waals surface area contributed by atoms with E-state index in [1.165, 1.54) is 66.9 Å². The Hall–Kier alpha value is -8.13. The van der Waals surface area contributed by atoms with Gasteiger partial charge in [-0.15, -0.1) is 56.7 Å². The van der Waals surface area contributed by atoms with Crippen LogP contribution >= 0.6 is 64.3 Å². The summed E-state index contributed by atoms with van der Waals surface area (Å²) in [6.45, 7) is 5.39. The predicted octanol–water partition coefficient (Wildman–Crippen LogP) is 0.337. The van der Waals surface area contributed by atoms with Gasteiger partial charge in [0, 0.05) is 62.5 Å². The number of esters is 2. The summed E-state index contributed by atoms with van der Waals surface area (Å²) in [4.78, 5) is 166. The summed E-state index contributed by atoms with van der Waals surface area (Å²) in [7, 11) is 0.245. The number of aliphatic hydroxyl groups is 2. The number of allylic oxidation sites excluding steroid dienone is 1. The maximum absolute atomic E-state index is 15.2. The minimum absolute atomic E-state index is 0. The average Bonchev–Trinajstić information content (AvgIpc) is 1.82. The van der Waals surface area contributed by atoms with Crippen LogP contribution in [0.1, 0.15) is 138 Å². The fourth-order valence-electron chi connectivity index (χ4n) is 12.5. The third-order valence-electron chi connectivity index (χ3n) is 17.4. The number of carbonyl (C=O) groups is 8. The Morgan fingerprint density at radius 3 is 2.24 bits per heavy atom. The van der Waals surface area contributed by atoms with Crippen LogP contribution in [0.5, 0.6) is 5.75 Å². The largest absolute Gasteiger partial charge is 1.00 e. The molecule has 106 heavy (non-hydrogen) atoms. The van der Waals surface area contributed by atoms with Crippen LogP contribution in [0.4, 0.5) is 0 Å². The molecule has 8 aromatic rings. The second-order valence-corrected chi connectivity index (χ2v) is 31.3. The van der Waals surface area contributed by atoms with Gasteiger partial charge in [0.25, 0.3) is 23.6 Å². The maximum Gasteiger partial charge on any atom is 1.00 e. The zero-order valence-corrected chi connectivity index (χ0v) is 64.7. The number of thiazole rings is 5. The molecule has 556 valence electrons. The van der Waals surface area contributed by atoms with Gasteiger partial charge in [-0.2, -0.15) is 4.73 Å². The number of pyridine rings is 1. The molecule has 35 nitrogen and oxygen atoms in total. The molecule has 7 aromatic heterocycles. The predicted molar refractivity (Wildman–Crippen MR) is 373 cm³/mol. The molecule has 6 amide bonds. The van der Waals surface area contributed by atoms with Crippen LogP contribution < -0.4 is 66.4 Å². The van der Waals surface area contributed by atoms with E-state index in [-0.39, 0.29) is 153 Å². The van der Waals surface area contributed by atoms with Crippen LogP contribution in [0.2, 0.25) is 0 Å². The molecule has 0 aliphatic carbocycles. The van der Waals surface area contributed by atoms with Crippen molar-refractivity contribution in [3.05, 3.63) is 112 Å². The van der Waals surface area contributed by atoms with Gasteiger partial charge in [0.05, 0.1) is 43.1 Å². The molecule has 0 radical (unpaired) electrons. The number of hydrogen-bond donors (Lipinski definition) is 11. The molecular weight excluding hydrogens is 1520 g/mol. The number of benzene rings is 1. The van der Waals surface area contributed by atoms with Gasteiger partial charge in [-0.05, 0) is 72.8 Å². The molecule has 11 heterocycles. The van der Waals surface area contributed by atoms with Crippen molar-refractivity contribution in [1.82, 2.24) is 71.4 Å². The molecular formula is C64H68N14NaO21PS5. The number of methoxy groups -OCH3 is 1. The van der Waals surface area contributed by atoms with E-state index in [4.69, 9.17) is 48.3 Å². The van der Waals surface area contributed by atoms with Gasteiger partial charge >= 0.3 is 41.5 Å². The molecule has 12 rings (SSSR count). The number of aromatic hydroxyl groups is 1. The van der Waals surface area contributed by atoms with E-state index in [2.05, 4.69) is 46.9 Å². The second-order valence-electron chi connectivity index (χ2n) is 25.2. The van der Waals surface area contributed by atoms with Gasteiger partial charge in [0.1, 0.15) is 133 Å². The van der Waals surface area contributed by atoms with Crippen molar-refractivity contribution in [3.8, 4) is 38.4 Å². The van der Waals surface area contributed by atoms with Crippen molar-refractivity contribution in [1.29, 1.82) is 0 Å². The van der Waals surface area contributed by atoms with E-state index in [0.717, 1.165) is 56.7 Å². The van der Waals surface area contributed by atoms with Gasteiger partial charge < -0.3 is 100 Å². The number of nitrogens with zero attached hydrogens (tertiary/aromatic N) is 8. The molecule has 1 saturated heterocycles. The molecule has 0 spiro atoms. The summed E-state index contributed by atoms with van der Waals surface area (Å²) in [6.07, 6.45) is -8.32. The number of hydrogen-bond acceptors (Lipinski definition) is 32. The number of aliphatic hydroxyl groups excluding tert-OH is 1. The molecule has 42 heteroatoms. The zero-order valence-electron chi connectivity index (χ0n) is 57.8. The molecule has 12 atom stereocenters. The van der Waals surface area contributed by atoms with E-state index < -0.39 is 159 Å². The molecule has 1 unspecified atom stereocenters.